The molecule has 0 spiro atoms. The van der Waals surface area contributed by atoms with Gasteiger partial charge >= 0.3 is 0 Å². The van der Waals surface area contributed by atoms with E-state index in [-0.39, 0.29) is 11.3 Å². The standard InChI is InChI=1S/C20H20N4O2/c1-14-18(12-21-22-20(26)17-10-6-7-11-19(17)25)15(2)24(23-14)13-16-8-4-3-5-9-16/h3-12,25H,13H2,1-2H3,(H,22,26). The van der Waals surface area contributed by atoms with E-state index in [1.165, 1.54) is 12.1 Å². The molecule has 132 valence electrons. The first-order valence-corrected chi connectivity index (χ1v) is 8.25. The second-order valence-electron chi connectivity index (χ2n) is 5.94. The Balaban J connectivity index is 1.73. The van der Waals surface area contributed by atoms with Crippen molar-refractivity contribution < 1.29 is 9.90 Å². The Morgan fingerprint density at radius 3 is 2.58 bits per heavy atom. The highest BCUT2D eigenvalue weighted by Crippen LogP contribution is 2.15. The van der Waals surface area contributed by atoms with Gasteiger partial charge in [-0.05, 0) is 31.5 Å². The Bertz CT molecular complexity index is 946. The molecule has 0 saturated carbocycles. The van der Waals surface area contributed by atoms with Crippen molar-refractivity contribution in [2.75, 3.05) is 0 Å². The number of hydrazone groups is 1. The number of nitrogens with zero attached hydrogens (tertiary/aromatic N) is 3. The number of hydrogen-bond acceptors (Lipinski definition) is 4. The molecule has 1 heterocycles. The van der Waals surface area contributed by atoms with Gasteiger partial charge in [0.1, 0.15) is 5.75 Å². The van der Waals surface area contributed by atoms with Crippen LogP contribution in [0.25, 0.3) is 0 Å². The summed E-state index contributed by atoms with van der Waals surface area (Å²) in [4.78, 5) is 12.1. The monoisotopic (exact) mass is 348 g/mol. The summed E-state index contributed by atoms with van der Waals surface area (Å²) in [5.41, 5.74) is 6.43. The molecule has 0 fully saturated rings. The van der Waals surface area contributed by atoms with Gasteiger partial charge in [-0.1, -0.05) is 42.5 Å². The molecule has 0 saturated heterocycles. The van der Waals surface area contributed by atoms with Gasteiger partial charge < -0.3 is 5.11 Å². The van der Waals surface area contributed by atoms with Crippen LogP contribution >= 0.6 is 0 Å². The molecule has 0 aliphatic carbocycles. The summed E-state index contributed by atoms with van der Waals surface area (Å²) < 4.78 is 1.91. The third-order valence-electron chi connectivity index (χ3n) is 4.12. The van der Waals surface area contributed by atoms with Crippen molar-refractivity contribution in [1.29, 1.82) is 0 Å². The van der Waals surface area contributed by atoms with Crippen LogP contribution in [0.2, 0.25) is 0 Å². The predicted molar refractivity (Wildman–Crippen MR) is 100 cm³/mol. The molecule has 1 amide bonds. The molecular weight excluding hydrogens is 328 g/mol. The number of amides is 1. The number of rotatable bonds is 5. The first kappa shape index (κ1) is 17.4. The van der Waals surface area contributed by atoms with E-state index in [0.29, 0.717) is 6.54 Å². The number of hydrogen-bond donors (Lipinski definition) is 2. The first-order valence-electron chi connectivity index (χ1n) is 8.25. The van der Waals surface area contributed by atoms with Crippen LogP contribution in [-0.4, -0.2) is 27.0 Å². The topological polar surface area (TPSA) is 79.5 Å². The summed E-state index contributed by atoms with van der Waals surface area (Å²) in [7, 11) is 0. The number of aromatic nitrogens is 2. The summed E-state index contributed by atoms with van der Waals surface area (Å²) in [5.74, 6) is -0.547. The zero-order valence-corrected chi connectivity index (χ0v) is 14.7. The van der Waals surface area contributed by atoms with E-state index in [4.69, 9.17) is 0 Å². The molecule has 2 aromatic carbocycles. The number of aromatic hydroxyl groups is 1. The first-order chi connectivity index (χ1) is 12.6. The van der Waals surface area contributed by atoms with Crippen molar-refractivity contribution >= 4 is 12.1 Å². The molecule has 3 rings (SSSR count). The normalized spacial score (nSPS) is 11.0. The van der Waals surface area contributed by atoms with Crippen LogP contribution in [0.5, 0.6) is 5.75 Å². The van der Waals surface area contributed by atoms with Crippen molar-refractivity contribution in [2.24, 2.45) is 5.10 Å². The van der Waals surface area contributed by atoms with Crippen molar-refractivity contribution in [2.45, 2.75) is 20.4 Å². The summed E-state index contributed by atoms with van der Waals surface area (Å²) in [5, 5.41) is 18.3. The van der Waals surface area contributed by atoms with Crippen molar-refractivity contribution in [3.05, 3.63) is 82.7 Å². The van der Waals surface area contributed by atoms with Crippen LogP contribution in [-0.2, 0) is 6.54 Å². The van der Waals surface area contributed by atoms with Gasteiger partial charge in [0, 0.05) is 11.3 Å². The summed E-state index contributed by atoms with van der Waals surface area (Å²) in [6, 6.07) is 16.4. The number of carbonyl (C=O) groups is 1. The lowest BCUT2D eigenvalue weighted by atomic mass is 10.2. The Morgan fingerprint density at radius 1 is 1.15 bits per heavy atom. The molecule has 0 radical (unpaired) electrons. The van der Waals surface area contributed by atoms with Crippen LogP contribution in [0, 0.1) is 13.8 Å². The third-order valence-corrected chi connectivity index (χ3v) is 4.12. The van der Waals surface area contributed by atoms with E-state index < -0.39 is 5.91 Å². The number of nitrogens with one attached hydrogen (secondary N) is 1. The van der Waals surface area contributed by atoms with Gasteiger partial charge in [0.15, 0.2) is 0 Å². The number of carbonyl (C=O) groups excluding carboxylic acids is 1. The lowest BCUT2D eigenvalue weighted by Gasteiger charge is -2.04. The third kappa shape index (κ3) is 3.80. The largest absolute Gasteiger partial charge is 0.507 e. The molecule has 0 unspecified atom stereocenters. The number of para-hydroxylation sites is 1. The van der Waals surface area contributed by atoms with Gasteiger partial charge in [-0.2, -0.15) is 10.2 Å². The zero-order valence-electron chi connectivity index (χ0n) is 14.7. The average Bonchev–Trinajstić information content (AvgIpc) is 2.90. The second kappa shape index (κ2) is 7.65. The van der Waals surface area contributed by atoms with Crippen LogP contribution in [0.4, 0.5) is 0 Å². The molecule has 1 aromatic heterocycles. The smallest absolute Gasteiger partial charge is 0.275 e. The van der Waals surface area contributed by atoms with E-state index >= 15 is 0 Å². The molecule has 6 heteroatoms. The van der Waals surface area contributed by atoms with E-state index in [9.17, 15) is 9.90 Å². The minimum atomic E-state index is -0.466. The van der Waals surface area contributed by atoms with Crippen molar-refractivity contribution in [1.82, 2.24) is 15.2 Å². The van der Waals surface area contributed by atoms with Gasteiger partial charge in [0.25, 0.3) is 5.91 Å². The van der Waals surface area contributed by atoms with Crippen LogP contribution in [0.1, 0.15) is 32.9 Å². The fourth-order valence-electron chi connectivity index (χ4n) is 2.69. The SMILES string of the molecule is Cc1nn(Cc2ccccc2)c(C)c1C=NNC(=O)c1ccccc1O. The lowest BCUT2D eigenvalue weighted by Crippen LogP contribution is -2.17. The number of benzene rings is 2. The van der Waals surface area contributed by atoms with Crippen LogP contribution in [0.15, 0.2) is 59.7 Å². The predicted octanol–water partition coefficient (Wildman–Crippen LogP) is 3.02. The molecule has 6 nitrogen and oxygen atoms in total. The lowest BCUT2D eigenvalue weighted by molar-refractivity contribution is 0.0952. The molecule has 3 aromatic rings. The Labute approximate surface area is 151 Å². The molecule has 0 aliphatic heterocycles. The second-order valence-corrected chi connectivity index (χ2v) is 5.94. The zero-order chi connectivity index (χ0) is 18.5. The average molecular weight is 348 g/mol. The molecular formula is C20H20N4O2. The van der Waals surface area contributed by atoms with Gasteiger partial charge in [-0.15, -0.1) is 0 Å². The van der Waals surface area contributed by atoms with E-state index in [1.807, 2.05) is 36.7 Å². The maximum absolute atomic E-state index is 12.1. The van der Waals surface area contributed by atoms with Gasteiger partial charge in [0.05, 0.1) is 24.0 Å². The quantitative estimate of drug-likeness (QED) is 0.549. The maximum atomic E-state index is 12.1. The minimum absolute atomic E-state index is 0.0803. The highest BCUT2D eigenvalue weighted by Gasteiger charge is 2.11. The molecule has 26 heavy (non-hydrogen) atoms. The van der Waals surface area contributed by atoms with E-state index in [0.717, 1.165) is 22.5 Å². The Hall–Kier alpha value is -3.41. The van der Waals surface area contributed by atoms with E-state index in [1.54, 1.807) is 18.3 Å². The highest BCUT2D eigenvalue weighted by atomic mass is 16.3. The molecule has 2 N–H and O–H groups in total. The fourth-order valence-corrected chi connectivity index (χ4v) is 2.69. The highest BCUT2D eigenvalue weighted by molar-refractivity contribution is 5.97. The molecule has 0 atom stereocenters. The molecule has 0 bridgehead atoms. The fraction of sp³-hybridized carbons (Fsp3) is 0.150. The number of aryl methyl sites for hydroxylation is 1. The van der Waals surface area contributed by atoms with Crippen LogP contribution in [0.3, 0.4) is 0 Å². The van der Waals surface area contributed by atoms with Gasteiger partial charge in [-0.25, -0.2) is 5.43 Å². The number of phenols is 1. The molecule has 0 aliphatic rings. The maximum Gasteiger partial charge on any atom is 0.275 e. The van der Waals surface area contributed by atoms with Gasteiger partial charge in [-0.3, -0.25) is 9.48 Å². The van der Waals surface area contributed by atoms with E-state index in [2.05, 4.69) is 27.8 Å². The summed E-state index contributed by atoms with van der Waals surface area (Å²) in [6.07, 6.45) is 1.58. The summed E-state index contributed by atoms with van der Waals surface area (Å²) in [6.45, 7) is 4.54. The van der Waals surface area contributed by atoms with Gasteiger partial charge in [0.2, 0.25) is 0 Å². The van der Waals surface area contributed by atoms with Crippen molar-refractivity contribution in [3.63, 3.8) is 0 Å². The minimum Gasteiger partial charge on any atom is -0.507 e. The van der Waals surface area contributed by atoms with Crippen molar-refractivity contribution in [3.8, 4) is 5.75 Å². The summed E-state index contributed by atoms with van der Waals surface area (Å²) >= 11 is 0. The Morgan fingerprint density at radius 2 is 1.85 bits per heavy atom. The number of phenolic OH excluding ortho intramolecular Hbond substituents is 1. The Kier molecular flexibility index (Phi) is 5.12. The van der Waals surface area contributed by atoms with Crippen LogP contribution < -0.4 is 5.43 Å².